The summed E-state index contributed by atoms with van der Waals surface area (Å²) in [5, 5.41) is 0. The van der Waals surface area contributed by atoms with E-state index in [9.17, 15) is 4.79 Å². The monoisotopic (exact) mass is 223 g/mol. The number of nitrogens with two attached hydrogens (primary N) is 1. The molecule has 0 radical (unpaired) electrons. The Kier molecular flexibility index (Phi) is 4.31. The maximum atomic E-state index is 11.3. The van der Waals surface area contributed by atoms with Crippen molar-refractivity contribution in [1.29, 1.82) is 0 Å². The molecule has 1 unspecified atom stereocenters. The van der Waals surface area contributed by atoms with Crippen LogP contribution >= 0.6 is 0 Å². The van der Waals surface area contributed by atoms with E-state index >= 15 is 0 Å². The molecule has 2 N–H and O–H groups in total. The summed E-state index contributed by atoms with van der Waals surface area (Å²) >= 11 is 0. The van der Waals surface area contributed by atoms with Gasteiger partial charge in [-0.3, -0.25) is 0 Å². The topological polar surface area (TPSA) is 61.5 Å². The highest BCUT2D eigenvalue weighted by Gasteiger charge is 2.11. The third-order valence-electron chi connectivity index (χ3n) is 2.25. The van der Waals surface area contributed by atoms with Crippen LogP contribution in [0, 0.1) is 0 Å². The van der Waals surface area contributed by atoms with E-state index in [0.29, 0.717) is 17.7 Å². The van der Waals surface area contributed by atoms with Gasteiger partial charge in [-0.2, -0.15) is 0 Å². The van der Waals surface area contributed by atoms with Crippen molar-refractivity contribution in [2.24, 2.45) is 5.73 Å². The first-order chi connectivity index (χ1) is 7.58. The van der Waals surface area contributed by atoms with Crippen LogP contribution in [0.3, 0.4) is 0 Å². The maximum absolute atomic E-state index is 11.3. The molecule has 0 spiro atoms. The zero-order valence-electron chi connectivity index (χ0n) is 9.82. The highest BCUT2D eigenvalue weighted by atomic mass is 16.5. The quantitative estimate of drug-likeness (QED) is 0.783. The molecule has 0 bridgehead atoms. The summed E-state index contributed by atoms with van der Waals surface area (Å²) in [5.74, 6) is 0.297. The van der Waals surface area contributed by atoms with Crippen molar-refractivity contribution in [2.75, 3.05) is 14.2 Å². The van der Waals surface area contributed by atoms with Crippen LogP contribution in [-0.2, 0) is 11.2 Å². The van der Waals surface area contributed by atoms with E-state index in [-0.39, 0.29) is 12.0 Å². The van der Waals surface area contributed by atoms with Crippen LogP contribution in [-0.4, -0.2) is 26.2 Å². The van der Waals surface area contributed by atoms with Crippen LogP contribution in [0.4, 0.5) is 0 Å². The fraction of sp³-hybridized carbons (Fsp3) is 0.417. The van der Waals surface area contributed by atoms with E-state index in [1.807, 2.05) is 13.0 Å². The third-order valence-corrected chi connectivity index (χ3v) is 2.25. The molecule has 1 aromatic rings. The molecule has 0 amide bonds. The summed E-state index contributed by atoms with van der Waals surface area (Å²) in [4.78, 5) is 11.3. The molecular weight excluding hydrogens is 206 g/mol. The average Bonchev–Trinajstić information content (AvgIpc) is 2.27. The predicted molar refractivity (Wildman–Crippen MR) is 61.7 cm³/mol. The largest absolute Gasteiger partial charge is 0.496 e. The molecule has 0 aliphatic carbocycles. The van der Waals surface area contributed by atoms with E-state index in [2.05, 4.69) is 4.74 Å². The molecule has 0 saturated heterocycles. The minimum atomic E-state index is -0.370. The molecule has 0 aromatic heterocycles. The molecule has 4 heteroatoms. The summed E-state index contributed by atoms with van der Waals surface area (Å²) in [6, 6.07) is 5.28. The Labute approximate surface area is 95.3 Å². The molecule has 0 saturated carbocycles. The lowest BCUT2D eigenvalue weighted by molar-refractivity contribution is 0.0600. The van der Waals surface area contributed by atoms with Crippen LogP contribution in [0.2, 0.25) is 0 Å². The van der Waals surface area contributed by atoms with Gasteiger partial charge in [-0.25, -0.2) is 4.79 Å². The van der Waals surface area contributed by atoms with Crippen LogP contribution in [0.1, 0.15) is 22.8 Å². The second kappa shape index (κ2) is 5.51. The van der Waals surface area contributed by atoms with Crippen LogP contribution in [0.5, 0.6) is 5.75 Å². The number of hydrogen-bond donors (Lipinski definition) is 1. The fourth-order valence-corrected chi connectivity index (χ4v) is 1.50. The number of carbonyl (C=O) groups is 1. The van der Waals surface area contributed by atoms with Gasteiger partial charge in [0.2, 0.25) is 0 Å². The number of methoxy groups -OCH3 is 2. The molecule has 1 atom stereocenters. The lowest BCUT2D eigenvalue weighted by atomic mass is 10.0. The van der Waals surface area contributed by atoms with Crippen LogP contribution < -0.4 is 10.5 Å². The van der Waals surface area contributed by atoms with Gasteiger partial charge in [0.05, 0.1) is 19.8 Å². The van der Waals surface area contributed by atoms with Gasteiger partial charge in [0.15, 0.2) is 0 Å². The van der Waals surface area contributed by atoms with Gasteiger partial charge in [-0.15, -0.1) is 0 Å². The van der Waals surface area contributed by atoms with Gasteiger partial charge < -0.3 is 15.2 Å². The van der Waals surface area contributed by atoms with Crippen molar-refractivity contribution in [3.8, 4) is 5.75 Å². The van der Waals surface area contributed by atoms with E-state index < -0.39 is 0 Å². The smallest absolute Gasteiger partial charge is 0.337 e. The number of hydrogen-bond acceptors (Lipinski definition) is 4. The summed E-state index contributed by atoms with van der Waals surface area (Å²) in [7, 11) is 2.92. The van der Waals surface area contributed by atoms with Crippen molar-refractivity contribution < 1.29 is 14.3 Å². The summed E-state index contributed by atoms with van der Waals surface area (Å²) < 4.78 is 9.86. The second-order valence-corrected chi connectivity index (χ2v) is 3.70. The first-order valence-electron chi connectivity index (χ1n) is 5.09. The third kappa shape index (κ3) is 2.97. The molecule has 16 heavy (non-hydrogen) atoms. The van der Waals surface area contributed by atoms with E-state index in [1.165, 1.54) is 7.11 Å². The molecule has 1 aromatic carbocycles. The Hall–Kier alpha value is -1.55. The molecule has 0 aliphatic heterocycles. The Balaban J connectivity index is 3.01. The minimum absolute atomic E-state index is 0.0536. The van der Waals surface area contributed by atoms with Crippen molar-refractivity contribution >= 4 is 5.97 Å². The van der Waals surface area contributed by atoms with Gasteiger partial charge in [0, 0.05) is 6.04 Å². The Morgan fingerprint density at radius 3 is 2.62 bits per heavy atom. The SMILES string of the molecule is COC(=O)c1ccc(CC(C)N)c(OC)c1. The van der Waals surface area contributed by atoms with E-state index in [0.717, 1.165) is 5.56 Å². The lowest BCUT2D eigenvalue weighted by Crippen LogP contribution is -2.18. The van der Waals surface area contributed by atoms with Gasteiger partial charge in [0.25, 0.3) is 0 Å². The number of ether oxygens (including phenoxy) is 2. The van der Waals surface area contributed by atoms with E-state index in [1.54, 1.807) is 19.2 Å². The second-order valence-electron chi connectivity index (χ2n) is 3.70. The first kappa shape index (κ1) is 12.5. The summed E-state index contributed by atoms with van der Waals surface area (Å²) in [5.41, 5.74) is 7.20. The Morgan fingerprint density at radius 1 is 1.44 bits per heavy atom. The summed E-state index contributed by atoms with van der Waals surface area (Å²) in [6.45, 7) is 1.92. The van der Waals surface area contributed by atoms with Gasteiger partial charge in [-0.05, 0) is 31.0 Å². The minimum Gasteiger partial charge on any atom is -0.496 e. The molecule has 88 valence electrons. The van der Waals surface area contributed by atoms with Crippen molar-refractivity contribution in [2.45, 2.75) is 19.4 Å². The maximum Gasteiger partial charge on any atom is 0.337 e. The molecule has 1 rings (SSSR count). The molecule has 0 aliphatic rings. The standard InChI is InChI=1S/C12H17NO3/c1-8(13)6-9-4-5-10(12(14)16-3)7-11(9)15-2/h4-5,7-8H,6,13H2,1-3H3. The molecule has 0 fully saturated rings. The van der Waals surface area contributed by atoms with Gasteiger partial charge >= 0.3 is 5.97 Å². The number of carbonyl (C=O) groups excluding carboxylic acids is 1. The zero-order valence-corrected chi connectivity index (χ0v) is 9.82. The van der Waals surface area contributed by atoms with Crippen molar-refractivity contribution in [3.05, 3.63) is 29.3 Å². The average molecular weight is 223 g/mol. The number of rotatable bonds is 4. The van der Waals surface area contributed by atoms with Gasteiger partial charge in [0.1, 0.15) is 5.75 Å². The summed E-state index contributed by atoms with van der Waals surface area (Å²) in [6.07, 6.45) is 0.713. The molecule has 4 nitrogen and oxygen atoms in total. The molecule has 0 heterocycles. The first-order valence-corrected chi connectivity index (χ1v) is 5.09. The van der Waals surface area contributed by atoms with Crippen molar-refractivity contribution in [3.63, 3.8) is 0 Å². The lowest BCUT2D eigenvalue weighted by Gasteiger charge is -2.11. The van der Waals surface area contributed by atoms with Crippen molar-refractivity contribution in [1.82, 2.24) is 0 Å². The zero-order chi connectivity index (χ0) is 12.1. The fourth-order valence-electron chi connectivity index (χ4n) is 1.50. The normalized spacial score (nSPS) is 12.0. The molecular formula is C12H17NO3. The number of esters is 1. The van der Waals surface area contributed by atoms with E-state index in [4.69, 9.17) is 10.5 Å². The highest BCUT2D eigenvalue weighted by Crippen LogP contribution is 2.21. The Morgan fingerprint density at radius 2 is 2.12 bits per heavy atom. The number of benzene rings is 1. The Bertz CT molecular complexity index is 375. The predicted octanol–water partition coefficient (Wildman–Crippen LogP) is 1.37. The van der Waals surface area contributed by atoms with Crippen LogP contribution in [0.15, 0.2) is 18.2 Å². The van der Waals surface area contributed by atoms with Gasteiger partial charge in [-0.1, -0.05) is 6.07 Å². The highest BCUT2D eigenvalue weighted by molar-refractivity contribution is 5.89. The van der Waals surface area contributed by atoms with Crippen LogP contribution in [0.25, 0.3) is 0 Å².